The lowest BCUT2D eigenvalue weighted by molar-refractivity contribution is -0.391. The highest BCUT2D eigenvalue weighted by atomic mass is 16.8. The maximum absolute atomic E-state index is 16.3. The molecule has 5 heterocycles. The number of aliphatic carboxylic acids is 1. The number of hydrogen-bond acceptors (Lipinski definition) is 31. The van der Waals surface area contributed by atoms with Gasteiger partial charge in [0, 0.05) is 11.5 Å². The summed E-state index contributed by atoms with van der Waals surface area (Å²) in [7, 11) is 1.47. The molecule has 1 aromatic rings. The summed E-state index contributed by atoms with van der Waals surface area (Å²) in [5, 5.41) is 191. The molecule has 32 nitrogen and oxygen atoms in total. The highest BCUT2D eigenvalue weighted by Gasteiger charge is 2.75. The van der Waals surface area contributed by atoms with Crippen LogP contribution in [-0.2, 0) is 66.5 Å². The third kappa shape index (κ3) is 13.4. The number of aliphatic hydroxyl groups excluding tert-OH is 16. The van der Waals surface area contributed by atoms with E-state index in [1.807, 2.05) is 33.8 Å². The Morgan fingerprint density at radius 1 is 0.574 bits per heavy atom. The van der Waals surface area contributed by atoms with Crippen LogP contribution in [0.1, 0.15) is 105 Å². The first-order chi connectivity index (χ1) is 47.5. The summed E-state index contributed by atoms with van der Waals surface area (Å²) < 4.78 is 72.9. The number of hydrogen-bond donors (Lipinski definition) is 17. The van der Waals surface area contributed by atoms with Crippen LogP contribution in [0, 0.1) is 50.2 Å². The van der Waals surface area contributed by atoms with E-state index in [-0.39, 0.29) is 51.4 Å². The molecular formula is C69H102O32. The minimum Gasteiger partial charge on any atom is -0.497 e. The van der Waals surface area contributed by atoms with Gasteiger partial charge in [-0.15, -0.1) is 0 Å². The van der Waals surface area contributed by atoms with Gasteiger partial charge >= 0.3 is 17.9 Å². The Hall–Kier alpha value is -4.09. The van der Waals surface area contributed by atoms with Crippen molar-refractivity contribution >= 4 is 24.0 Å². The molecule has 0 aromatic heterocycles. The lowest BCUT2D eigenvalue weighted by Gasteiger charge is -2.71. The standard InChI is InChI=1S/C69H102O32/c1-28-52(97-57-48(83)42(77)35(74)26-91-57)47(82)51(86)58(92-28)99-55-54(98-59-49(84)45(80)43(78)36(24-70)94-59)53(96-41(76)16-11-30-9-12-31(90-8)13-10-30)29(2)93-61(55)101-63(89)69-20-19-68(27-72)32(33(69)21-64(3,4)23-40(69)75)14-15-38-65(5)22-34(73)56(67(7,62(87)88)39(65)17-18-66(38,68)6)100-60-50(85)46(81)44(79)37(25-71)95-60/h9-14,16,28-29,33-40,42-61,70-75,77-86H,15,17-27H2,1-8H3,(H,87,88)/b16-11+/t28-,29+,33-,34-,35+,36+,37+,38+,39+,40+,42-,43+,44+,45-,46-,47-,48+,49+,50+,51+,52-,53-,54-,55+,56-,57-,58-,59-,60+,61-,65+,66+,67-,68-,69-/m0/s1. The third-order valence-corrected chi connectivity index (χ3v) is 24.8. The number of aliphatic hydroxyl groups is 16. The van der Waals surface area contributed by atoms with E-state index in [0.29, 0.717) is 16.9 Å². The molecule has 0 spiro atoms. The molecule has 5 saturated heterocycles. The van der Waals surface area contributed by atoms with Gasteiger partial charge in [-0.3, -0.25) is 9.59 Å². The van der Waals surface area contributed by atoms with E-state index in [4.69, 9.17) is 56.8 Å². The molecule has 32 heteroatoms. The van der Waals surface area contributed by atoms with Crippen molar-refractivity contribution in [3.05, 3.63) is 47.6 Å². The maximum Gasteiger partial charge on any atom is 0.331 e. The van der Waals surface area contributed by atoms with E-state index in [2.05, 4.69) is 0 Å². The van der Waals surface area contributed by atoms with E-state index >= 15 is 4.79 Å². The normalized spacial score (nSPS) is 49.8. The quantitative estimate of drug-likeness (QED) is 0.0297. The second-order valence-corrected chi connectivity index (χ2v) is 31.1. The van der Waals surface area contributed by atoms with Crippen molar-refractivity contribution < 1.29 is 158 Å². The Labute approximate surface area is 582 Å². The zero-order valence-corrected chi connectivity index (χ0v) is 57.6. The van der Waals surface area contributed by atoms with Gasteiger partial charge in [0.2, 0.25) is 6.29 Å². The molecule has 5 aliphatic heterocycles. The molecule has 10 aliphatic rings. The molecule has 35 atom stereocenters. The fourth-order valence-electron chi connectivity index (χ4n) is 19.2. The van der Waals surface area contributed by atoms with Gasteiger partial charge < -0.3 is 144 Å². The SMILES string of the molecule is COc1ccc(/C=C/C(=O)O[C@@H]2[C@H](O[C@@H]3O[C@H](CO)[C@@H](O)[C@H](O)[C@H]3O)[C@@H](O[C@@H]3O[C@@H](C)[C@H](O[C@@H]4OC[C@@H](O)[C@H](O)[C@H]4O)[C@@H](O)[C@H]3O)[C@H](OC(=O)[C@@]34CC[C@]5(CO)C(=CC[C@@H]6[C@@]7(C)C[C@H](O)[C@H](O[C@H]8O[C@H](CO)[C@@H](O)[C@H](O)[C@H]8O)[C@@](C)(C(=O)O)[C@@H]7CC[C@]65C)[C@@H]3CC(C)(C)C[C@H]4O)O[C@@H]2C)cc1. The molecule has 0 unspecified atom stereocenters. The molecule has 11 rings (SSSR count). The van der Waals surface area contributed by atoms with E-state index in [0.717, 1.165) is 6.08 Å². The van der Waals surface area contributed by atoms with E-state index in [1.165, 1.54) is 34.0 Å². The second-order valence-electron chi connectivity index (χ2n) is 31.1. The Morgan fingerprint density at radius 3 is 1.74 bits per heavy atom. The lowest BCUT2D eigenvalue weighted by Crippen LogP contribution is -2.71. The van der Waals surface area contributed by atoms with Crippen molar-refractivity contribution in [2.75, 3.05) is 33.5 Å². The molecular weight excluding hydrogens is 1340 g/mol. The second kappa shape index (κ2) is 29.6. The van der Waals surface area contributed by atoms with Crippen molar-refractivity contribution in [1.29, 1.82) is 0 Å². The molecule has 101 heavy (non-hydrogen) atoms. The van der Waals surface area contributed by atoms with Crippen LogP contribution in [0.25, 0.3) is 6.08 Å². The number of methoxy groups -OCH3 is 1. The van der Waals surface area contributed by atoms with Crippen LogP contribution in [-0.4, -0.2) is 304 Å². The Morgan fingerprint density at radius 2 is 1.14 bits per heavy atom. The predicted octanol–water partition coefficient (Wildman–Crippen LogP) is -3.27. The average molecular weight is 1440 g/mol. The largest absolute Gasteiger partial charge is 0.497 e. The minimum atomic E-state index is -2.17. The maximum atomic E-state index is 16.3. The van der Waals surface area contributed by atoms with Gasteiger partial charge in [-0.1, -0.05) is 51.5 Å². The summed E-state index contributed by atoms with van der Waals surface area (Å²) in [6.45, 7) is 9.28. The zero-order chi connectivity index (χ0) is 73.7. The number of ether oxygens (including phenoxy) is 12. The molecule has 0 bridgehead atoms. The van der Waals surface area contributed by atoms with E-state index in [1.54, 1.807) is 24.3 Å². The summed E-state index contributed by atoms with van der Waals surface area (Å²) in [5.74, 6) is -5.12. The molecule has 0 amide bonds. The summed E-state index contributed by atoms with van der Waals surface area (Å²) in [4.78, 5) is 44.5. The molecule has 0 radical (unpaired) electrons. The van der Waals surface area contributed by atoms with Gasteiger partial charge in [-0.25, -0.2) is 4.79 Å². The molecule has 17 N–H and O–H groups in total. The first-order valence-electron chi connectivity index (χ1n) is 34.7. The lowest BCUT2D eigenvalue weighted by atomic mass is 9.33. The monoisotopic (exact) mass is 1440 g/mol. The average Bonchev–Trinajstić information content (AvgIpc) is 0.667. The predicted molar refractivity (Wildman–Crippen MR) is 339 cm³/mol. The van der Waals surface area contributed by atoms with E-state index in [9.17, 15) is 96.4 Å². The van der Waals surface area contributed by atoms with Gasteiger partial charge in [0.15, 0.2) is 37.4 Å². The molecule has 9 fully saturated rings. The van der Waals surface area contributed by atoms with Crippen LogP contribution in [0.4, 0.5) is 0 Å². The van der Waals surface area contributed by atoms with Crippen molar-refractivity contribution in [3.8, 4) is 5.75 Å². The van der Waals surface area contributed by atoms with Crippen molar-refractivity contribution in [2.24, 2.45) is 50.2 Å². The highest BCUT2D eigenvalue weighted by Crippen LogP contribution is 2.76. The number of carboxylic acids is 1. The Balaban J connectivity index is 0.952. The van der Waals surface area contributed by atoms with Crippen LogP contribution in [0.2, 0.25) is 0 Å². The summed E-state index contributed by atoms with van der Waals surface area (Å²) in [5.41, 5.74) is -6.55. The molecule has 5 aliphatic carbocycles. The number of benzene rings is 1. The molecule has 4 saturated carbocycles. The zero-order valence-electron chi connectivity index (χ0n) is 57.6. The van der Waals surface area contributed by atoms with E-state index < -0.39 is 260 Å². The van der Waals surface area contributed by atoms with Crippen LogP contribution < -0.4 is 4.74 Å². The minimum absolute atomic E-state index is 0.0180. The number of carbonyl (C=O) groups excluding carboxylic acids is 2. The van der Waals surface area contributed by atoms with Gasteiger partial charge in [0.1, 0.15) is 109 Å². The fourth-order valence-corrected chi connectivity index (χ4v) is 19.2. The first kappa shape index (κ1) is 78.0. The van der Waals surface area contributed by atoms with Gasteiger partial charge in [-0.05, 0) is 130 Å². The molecule has 1 aromatic carbocycles. The first-order valence-corrected chi connectivity index (χ1v) is 34.7. The number of carboxylic acid groups (broad SMARTS) is 1. The van der Waals surface area contributed by atoms with Crippen LogP contribution >= 0.6 is 0 Å². The van der Waals surface area contributed by atoms with Crippen LogP contribution in [0.15, 0.2) is 42.0 Å². The van der Waals surface area contributed by atoms with Gasteiger partial charge in [-0.2, -0.15) is 0 Å². The van der Waals surface area contributed by atoms with Crippen molar-refractivity contribution in [2.45, 2.75) is 266 Å². The van der Waals surface area contributed by atoms with Crippen molar-refractivity contribution in [3.63, 3.8) is 0 Å². The fraction of sp³-hybridized carbons (Fsp3) is 0.812. The number of carbonyl (C=O) groups is 3. The number of fused-ring (bicyclic) bond motifs is 7. The Kier molecular flexibility index (Phi) is 22.8. The van der Waals surface area contributed by atoms with Crippen LogP contribution in [0.3, 0.4) is 0 Å². The number of allylic oxidation sites excluding steroid dienone is 1. The summed E-state index contributed by atoms with van der Waals surface area (Å²) in [6.07, 6.45) is -43.0. The molecule has 570 valence electrons. The van der Waals surface area contributed by atoms with Crippen LogP contribution in [0.5, 0.6) is 5.75 Å². The van der Waals surface area contributed by atoms with Gasteiger partial charge in [0.05, 0.1) is 63.4 Å². The number of esters is 2. The number of rotatable bonds is 18. The highest BCUT2D eigenvalue weighted by molar-refractivity contribution is 5.87. The third-order valence-electron chi connectivity index (χ3n) is 24.8. The topological polar surface area (TPSA) is 506 Å². The summed E-state index contributed by atoms with van der Waals surface area (Å²) in [6, 6.07) is 6.57. The Bertz CT molecular complexity index is 3140. The smallest absolute Gasteiger partial charge is 0.331 e. The van der Waals surface area contributed by atoms with Crippen molar-refractivity contribution in [1.82, 2.24) is 0 Å². The summed E-state index contributed by atoms with van der Waals surface area (Å²) >= 11 is 0. The van der Waals surface area contributed by atoms with Gasteiger partial charge in [0.25, 0.3) is 0 Å².